The van der Waals surface area contributed by atoms with Crippen LogP contribution in [0.15, 0.2) is 48.5 Å². The molecule has 1 aliphatic carbocycles. The Labute approximate surface area is 125 Å². The summed E-state index contributed by atoms with van der Waals surface area (Å²) in [6.07, 6.45) is 1.75. The van der Waals surface area contributed by atoms with Gasteiger partial charge in [0.05, 0.1) is 17.3 Å². The number of anilines is 2. The predicted octanol–water partition coefficient (Wildman–Crippen LogP) is 3.35. The molecule has 21 heavy (non-hydrogen) atoms. The van der Waals surface area contributed by atoms with Gasteiger partial charge in [-0.05, 0) is 36.1 Å². The molecule has 0 aromatic heterocycles. The second kappa shape index (κ2) is 5.60. The quantitative estimate of drug-likeness (QED) is 0.873. The Morgan fingerprint density at radius 3 is 2.62 bits per heavy atom. The zero-order chi connectivity index (χ0) is 14.8. The SMILES string of the molecule is CCCN(C(=O)C1Cc2ccccc21)c1ccccc1N. The molecule has 1 amide bonds. The van der Waals surface area contributed by atoms with E-state index < -0.39 is 0 Å². The summed E-state index contributed by atoms with van der Waals surface area (Å²) in [7, 11) is 0. The third-order valence-corrected chi connectivity index (χ3v) is 4.09. The molecule has 2 aromatic carbocycles. The maximum Gasteiger partial charge on any atom is 0.234 e. The zero-order valence-corrected chi connectivity index (χ0v) is 12.3. The summed E-state index contributed by atoms with van der Waals surface area (Å²) in [5.41, 5.74) is 9.99. The topological polar surface area (TPSA) is 46.3 Å². The molecule has 0 spiro atoms. The highest BCUT2D eigenvalue weighted by atomic mass is 16.2. The molecule has 1 atom stereocenters. The molecule has 3 rings (SSSR count). The van der Waals surface area contributed by atoms with Crippen molar-refractivity contribution in [1.29, 1.82) is 0 Å². The van der Waals surface area contributed by atoms with Crippen LogP contribution < -0.4 is 10.6 Å². The standard InChI is InChI=1S/C18H20N2O/c1-2-11-20(17-10-6-5-9-16(17)19)18(21)15-12-13-7-3-4-8-14(13)15/h3-10,15H,2,11-12,19H2,1H3. The van der Waals surface area contributed by atoms with Crippen molar-refractivity contribution >= 4 is 17.3 Å². The van der Waals surface area contributed by atoms with Gasteiger partial charge in [0.2, 0.25) is 5.91 Å². The Morgan fingerprint density at radius 1 is 1.19 bits per heavy atom. The van der Waals surface area contributed by atoms with Gasteiger partial charge in [-0.3, -0.25) is 4.79 Å². The van der Waals surface area contributed by atoms with Gasteiger partial charge in [0, 0.05) is 6.54 Å². The van der Waals surface area contributed by atoms with E-state index in [1.165, 1.54) is 5.56 Å². The highest BCUT2D eigenvalue weighted by molar-refractivity contribution is 6.01. The molecule has 0 heterocycles. The number of amides is 1. The molecule has 3 heteroatoms. The molecule has 0 saturated carbocycles. The summed E-state index contributed by atoms with van der Waals surface area (Å²) in [6.45, 7) is 2.78. The van der Waals surface area contributed by atoms with Gasteiger partial charge in [0.15, 0.2) is 0 Å². The number of carbonyl (C=O) groups excluding carboxylic acids is 1. The number of rotatable bonds is 4. The Kier molecular flexibility index (Phi) is 3.65. The van der Waals surface area contributed by atoms with Crippen molar-refractivity contribution in [2.75, 3.05) is 17.2 Å². The third kappa shape index (κ3) is 2.40. The van der Waals surface area contributed by atoms with Gasteiger partial charge in [-0.1, -0.05) is 43.3 Å². The summed E-state index contributed by atoms with van der Waals surface area (Å²) in [5.74, 6) is 0.140. The van der Waals surface area contributed by atoms with Crippen molar-refractivity contribution in [2.45, 2.75) is 25.7 Å². The van der Waals surface area contributed by atoms with Crippen LogP contribution >= 0.6 is 0 Å². The molecule has 0 fully saturated rings. The van der Waals surface area contributed by atoms with Gasteiger partial charge in [-0.15, -0.1) is 0 Å². The van der Waals surface area contributed by atoms with Crippen molar-refractivity contribution in [3.05, 3.63) is 59.7 Å². The molecule has 108 valence electrons. The number of nitrogens with zero attached hydrogens (tertiary/aromatic N) is 1. The molecule has 2 aromatic rings. The highest BCUT2D eigenvalue weighted by Gasteiger charge is 2.35. The number of para-hydroxylation sites is 2. The van der Waals surface area contributed by atoms with Crippen molar-refractivity contribution in [1.82, 2.24) is 0 Å². The number of nitrogens with two attached hydrogens (primary N) is 1. The predicted molar refractivity (Wildman–Crippen MR) is 86.4 cm³/mol. The first-order valence-corrected chi connectivity index (χ1v) is 7.46. The van der Waals surface area contributed by atoms with Gasteiger partial charge in [0.1, 0.15) is 0 Å². The second-order valence-corrected chi connectivity index (χ2v) is 5.50. The number of hydrogen-bond donors (Lipinski definition) is 1. The van der Waals surface area contributed by atoms with Gasteiger partial charge >= 0.3 is 0 Å². The zero-order valence-electron chi connectivity index (χ0n) is 12.3. The summed E-state index contributed by atoms with van der Waals surface area (Å²) in [5, 5.41) is 0. The first-order chi connectivity index (χ1) is 10.2. The van der Waals surface area contributed by atoms with Gasteiger partial charge in [-0.2, -0.15) is 0 Å². The molecule has 0 bridgehead atoms. The Bertz CT molecular complexity index is 666. The molecule has 1 aliphatic rings. The lowest BCUT2D eigenvalue weighted by atomic mass is 9.76. The van der Waals surface area contributed by atoms with E-state index in [1.807, 2.05) is 41.3 Å². The Hall–Kier alpha value is -2.29. The summed E-state index contributed by atoms with van der Waals surface area (Å²) < 4.78 is 0. The van der Waals surface area contributed by atoms with E-state index in [9.17, 15) is 4.79 Å². The summed E-state index contributed by atoms with van der Waals surface area (Å²) in [4.78, 5) is 14.7. The molecular formula is C18H20N2O. The van der Waals surface area contributed by atoms with E-state index in [2.05, 4.69) is 19.1 Å². The van der Waals surface area contributed by atoms with Crippen LogP contribution in [0.4, 0.5) is 11.4 Å². The Morgan fingerprint density at radius 2 is 1.90 bits per heavy atom. The van der Waals surface area contributed by atoms with E-state index in [0.29, 0.717) is 12.2 Å². The van der Waals surface area contributed by atoms with Crippen LogP contribution in [-0.4, -0.2) is 12.5 Å². The smallest absolute Gasteiger partial charge is 0.234 e. The van der Waals surface area contributed by atoms with E-state index in [0.717, 1.165) is 24.1 Å². The second-order valence-electron chi connectivity index (χ2n) is 5.50. The van der Waals surface area contributed by atoms with E-state index >= 15 is 0 Å². The number of carbonyl (C=O) groups is 1. The van der Waals surface area contributed by atoms with Crippen molar-refractivity contribution in [2.24, 2.45) is 0 Å². The number of nitrogen functional groups attached to an aromatic ring is 1. The minimum atomic E-state index is -0.0210. The lowest BCUT2D eigenvalue weighted by Crippen LogP contribution is -2.40. The Balaban J connectivity index is 1.89. The molecule has 1 unspecified atom stereocenters. The molecule has 0 aliphatic heterocycles. The summed E-state index contributed by atoms with van der Waals surface area (Å²) >= 11 is 0. The maximum absolute atomic E-state index is 12.9. The molecule has 3 nitrogen and oxygen atoms in total. The molecule has 0 saturated heterocycles. The van der Waals surface area contributed by atoms with Gasteiger partial charge < -0.3 is 10.6 Å². The number of benzene rings is 2. The monoisotopic (exact) mass is 280 g/mol. The van der Waals surface area contributed by atoms with Crippen LogP contribution in [0.5, 0.6) is 0 Å². The summed E-state index contributed by atoms with van der Waals surface area (Å²) in [6, 6.07) is 15.8. The van der Waals surface area contributed by atoms with Crippen molar-refractivity contribution < 1.29 is 4.79 Å². The molecule has 0 radical (unpaired) electrons. The largest absolute Gasteiger partial charge is 0.397 e. The van der Waals surface area contributed by atoms with Crippen LogP contribution in [0.2, 0.25) is 0 Å². The lowest BCUT2D eigenvalue weighted by Gasteiger charge is -2.34. The van der Waals surface area contributed by atoms with E-state index in [-0.39, 0.29) is 11.8 Å². The van der Waals surface area contributed by atoms with Crippen LogP contribution in [0.25, 0.3) is 0 Å². The maximum atomic E-state index is 12.9. The highest BCUT2D eigenvalue weighted by Crippen LogP contribution is 2.37. The molecule has 2 N–H and O–H groups in total. The fraction of sp³-hybridized carbons (Fsp3) is 0.278. The van der Waals surface area contributed by atoms with Crippen molar-refractivity contribution in [3.63, 3.8) is 0 Å². The number of hydrogen-bond acceptors (Lipinski definition) is 2. The molecular weight excluding hydrogens is 260 g/mol. The average molecular weight is 280 g/mol. The minimum absolute atomic E-state index is 0.0210. The first-order valence-electron chi connectivity index (χ1n) is 7.46. The van der Waals surface area contributed by atoms with Gasteiger partial charge in [-0.25, -0.2) is 0 Å². The first kappa shape index (κ1) is 13.7. The van der Waals surface area contributed by atoms with Gasteiger partial charge in [0.25, 0.3) is 0 Å². The van der Waals surface area contributed by atoms with E-state index in [1.54, 1.807) is 0 Å². The van der Waals surface area contributed by atoms with Crippen LogP contribution in [0.1, 0.15) is 30.4 Å². The lowest BCUT2D eigenvalue weighted by molar-refractivity contribution is -0.120. The average Bonchev–Trinajstić information content (AvgIpc) is 2.47. The van der Waals surface area contributed by atoms with Crippen LogP contribution in [0, 0.1) is 0 Å². The van der Waals surface area contributed by atoms with Crippen LogP contribution in [0.3, 0.4) is 0 Å². The fourth-order valence-electron chi connectivity index (χ4n) is 2.97. The normalized spacial score (nSPS) is 16.0. The minimum Gasteiger partial charge on any atom is -0.397 e. The van der Waals surface area contributed by atoms with E-state index in [4.69, 9.17) is 5.73 Å². The number of fused-ring (bicyclic) bond motifs is 1. The van der Waals surface area contributed by atoms with Crippen LogP contribution in [-0.2, 0) is 11.2 Å². The van der Waals surface area contributed by atoms with Crippen molar-refractivity contribution in [3.8, 4) is 0 Å². The third-order valence-electron chi connectivity index (χ3n) is 4.09. The fourth-order valence-corrected chi connectivity index (χ4v) is 2.97.